The lowest BCUT2D eigenvalue weighted by Gasteiger charge is -2.17. The van der Waals surface area contributed by atoms with Crippen molar-refractivity contribution in [2.75, 3.05) is 0 Å². The van der Waals surface area contributed by atoms with Crippen LogP contribution in [0.3, 0.4) is 0 Å². The molecule has 1 aliphatic rings. The van der Waals surface area contributed by atoms with E-state index < -0.39 is 10.8 Å². The standard InChI is InChI=1S/C8H8Cl2O2/c9-7(11)5-2-1-3-6(4-5)8(10)12/h1-3,5,7,11H,4H2. The lowest BCUT2D eigenvalue weighted by molar-refractivity contribution is -0.108. The average molecular weight is 207 g/mol. The third kappa shape index (κ3) is 2.34. The highest BCUT2D eigenvalue weighted by molar-refractivity contribution is 6.67. The zero-order chi connectivity index (χ0) is 9.14. The molecule has 66 valence electrons. The molecule has 0 fully saturated rings. The van der Waals surface area contributed by atoms with Crippen LogP contribution in [0.15, 0.2) is 23.8 Å². The van der Waals surface area contributed by atoms with Gasteiger partial charge in [0.1, 0.15) is 5.56 Å². The lowest BCUT2D eigenvalue weighted by Crippen LogP contribution is -2.16. The van der Waals surface area contributed by atoms with Gasteiger partial charge in [-0.15, -0.1) is 0 Å². The molecule has 0 saturated heterocycles. The Morgan fingerprint density at radius 1 is 1.75 bits per heavy atom. The molecule has 0 aromatic rings. The van der Waals surface area contributed by atoms with E-state index in [9.17, 15) is 4.79 Å². The number of rotatable bonds is 2. The van der Waals surface area contributed by atoms with Crippen molar-refractivity contribution in [3.05, 3.63) is 23.8 Å². The molecule has 1 N–H and O–H groups in total. The second-order valence-corrected chi connectivity index (χ2v) is 3.38. The highest BCUT2D eigenvalue weighted by Crippen LogP contribution is 2.24. The van der Waals surface area contributed by atoms with Gasteiger partial charge in [-0.25, -0.2) is 0 Å². The van der Waals surface area contributed by atoms with Crippen LogP contribution < -0.4 is 0 Å². The van der Waals surface area contributed by atoms with E-state index in [0.29, 0.717) is 12.0 Å². The van der Waals surface area contributed by atoms with Gasteiger partial charge >= 0.3 is 0 Å². The maximum absolute atomic E-state index is 10.7. The van der Waals surface area contributed by atoms with Crippen LogP contribution in [0.5, 0.6) is 0 Å². The summed E-state index contributed by atoms with van der Waals surface area (Å²) < 4.78 is 0. The molecule has 2 unspecified atom stereocenters. The molecule has 2 atom stereocenters. The molecule has 2 nitrogen and oxygen atoms in total. The molecule has 1 aliphatic carbocycles. The number of hydrogen-bond acceptors (Lipinski definition) is 2. The van der Waals surface area contributed by atoms with Crippen molar-refractivity contribution in [1.82, 2.24) is 0 Å². The monoisotopic (exact) mass is 206 g/mol. The normalized spacial score (nSPS) is 24.9. The molecular formula is C8H8Cl2O2. The Kier molecular flexibility index (Phi) is 3.32. The van der Waals surface area contributed by atoms with Gasteiger partial charge in [-0.3, -0.25) is 4.79 Å². The Morgan fingerprint density at radius 2 is 2.42 bits per heavy atom. The van der Waals surface area contributed by atoms with E-state index in [2.05, 4.69) is 0 Å². The first-order valence-electron chi connectivity index (χ1n) is 3.50. The first-order chi connectivity index (χ1) is 5.61. The molecular weight excluding hydrogens is 199 g/mol. The van der Waals surface area contributed by atoms with Gasteiger partial charge in [-0.05, 0) is 18.0 Å². The highest BCUT2D eigenvalue weighted by atomic mass is 35.5. The maximum atomic E-state index is 10.7. The number of carbonyl (C=O) groups excluding carboxylic acids is 1. The van der Waals surface area contributed by atoms with Gasteiger partial charge in [0, 0.05) is 11.5 Å². The summed E-state index contributed by atoms with van der Waals surface area (Å²) in [5.74, 6) is -0.214. The Hall–Kier alpha value is -0.310. The minimum atomic E-state index is -0.957. The van der Waals surface area contributed by atoms with Gasteiger partial charge < -0.3 is 5.11 Å². The van der Waals surface area contributed by atoms with Gasteiger partial charge in [0.05, 0.1) is 0 Å². The van der Waals surface area contributed by atoms with Crippen LogP contribution in [0.1, 0.15) is 6.42 Å². The van der Waals surface area contributed by atoms with E-state index in [4.69, 9.17) is 28.3 Å². The van der Waals surface area contributed by atoms with Crippen molar-refractivity contribution < 1.29 is 9.90 Å². The van der Waals surface area contributed by atoms with E-state index in [1.165, 1.54) is 0 Å². The Balaban J connectivity index is 2.67. The second kappa shape index (κ2) is 4.08. The summed E-state index contributed by atoms with van der Waals surface area (Å²) in [5, 5.41) is 8.52. The van der Waals surface area contributed by atoms with Crippen molar-refractivity contribution >= 4 is 28.4 Å². The largest absolute Gasteiger partial charge is 0.377 e. The Morgan fingerprint density at radius 3 is 2.92 bits per heavy atom. The van der Waals surface area contributed by atoms with Crippen LogP contribution in [0, 0.1) is 5.92 Å². The molecule has 0 heterocycles. The number of allylic oxidation sites excluding steroid dienone is 3. The molecule has 4 heteroatoms. The van der Waals surface area contributed by atoms with Crippen LogP contribution in [0.25, 0.3) is 0 Å². The fourth-order valence-electron chi connectivity index (χ4n) is 1.04. The van der Waals surface area contributed by atoms with Crippen LogP contribution in [-0.2, 0) is 4.79 Å². The van der Waals surface area contributed by atoms with Gasteiger partial charge in [0.25, 0.3) is 0 Å². The fraction of sp³-hybridized carbons (Fsp3) is 0.375. The van der Waals surface area contributed by atoms with Crippen molar-refractivity contribution in [2.45, 2.75) is 12.0 Å². The minimum Gasteiger partial charge on any atom is -0.377 e. The smallest absolute Gasteiger partial charge is 0.248 e. The number of halogens is 2. The highest BCUT2D eigenvalue weighted by Gasteiger charge is 2.20. The summed E-state index contributed by atoms with van der Waals surface area (Å²) in [7, 11) is 0. The van der Waals surface area contributed by atoms with Crippen molar-refractivity contribution in [3.63, 3.8) is 0 Å². The Labute approximate surface area is 80.5 Å². The number of carbonyl (C=O) groups is 1. The number of hydrogen-bond donors (Lipinski definition) is 1. The predicted molar refractivity (Wildman–Crippen MR) is 48.0 cm³/mol. The first kappa shape index (κ1) is 9.78. The molecule has 0 radical (unpaired) electrons. The molecule has 0 aromatic heterocycles. The van der Waals surface area contributed by atoms with Gasteiger partial charge in [0.2, 0.25) is 5.24 Å². The van der Waals surface area contributed by atoms with Gasteiger partial charge in [-0.1, -0.05) is 29.8 Å². The molecule has 0 saturated carbocycles. The van der Waals surface area contributed by atoms with Crippen LogP contribution >= 0.6 is 23.2 Å². The summed E-state index contributed by atoms with van der Waals surface area (Å²) in [6.07, 6.45) is 5.46. The van der Waals surface area contributed by atoms with E-state index >= 15 is 0 Å². The van der Waals surface area contributed by atoms with Crippen LogP contribution in [0.2, 0.25) is 0 Å². The second-order valence-electron chi connectivity index (χ2n) is 2.59. The van der Waals surface area contributed by atoms with E-state index in [-0.39, 0.29) is 5.92 Å². The number of alkyl halides is 1. The van der Waals surface area contributed by atoms with Crippen molar-refractivity contribution in [3.8, 4) is 0 Å². The fourth-order valence-corrected chi connectivity index (χ4v) is 1.35. The van der Waals surface area contributed by atoms with Gasteiger partial charge in [0.15, 0.2) is 0 Å². The van der Waals surface area contributed by atoms with Crippen molar-refractivity contribution in [1.29, 1.82) is 0 Å². The summed E-state index contributed by atoms with van der Waals surface area (Å²) in [6, 6.07) is 0. The zero-order valence-electron chi connectivity index (χ0n) is 6.21. The van der Waals surface area contributed by atoms with E-state index in [0.717, 1.165) is 0 Å². The van der Waals surface area contributed by atoms with E-state index in [1.54, 1.807) is 18.2 Å². The molecule has 0 aromatic carbocycles. The molecule has 0 amide bonds. The quantitative estimate of drug-likeness (QED) is 0.553. The average Bonchev–Trinajstić information content (AvgIpc) is 2.04. The molecule has 0 aliphatic heterocycles. The third-order valence-corrected chi connectivity index (χ3v) is 2.28. The summed E-state index contributed by atoms with van der Waals surface area (Å²) in [5.41, 5.74) is -0.468. The van der Waals surface area contributed by atoms with Crippen molar-refractivity contribution in [2.24, 2.45) is 5.92 Å². The number of aliphatic hydroxyl groups excluding tert-OH is 1. The Bertz CT molecular complexity index is 243. The SMILES string of the molecule is O=C(Cl)C1=CC=CC(C(O)Cl)C1. The predicted octanol–water partition coefficient (Wildman–Crippen LogP) is 1.81. The summed E-state index contributed by atoms with van der Waals surface area (Å²) in [6.45, 7) is 0. The van der Waals surface area contributed by atoms with Crippen LogP contribution in [-0.4, -0.2) is 15.9 Å². The summed E-state index contributed by atoms with van der Waals surface area (Å²) in [4.78, 5) is 10.7. The van der Waals surface area contributed by atoms with Crippen LogP contribution in [0.4, 0.5) is 0 Å². The van der Waals surface area contributed by atoms with E-state index in [1.807, 2.05) is 0 Å². The molecule has 12 heavy (non-hydrogen) atoms. The maximum Gasteiger partial charge on any atom is 0.248 e. The zero-order valence-corrected chi connectivity index (χ0v) is 7.72. The third-order valence-electron chi connectivity index (χ3n) is 1.72. The molecule has 1 rings (SSSR count). The summed E-state index contributed by atoms with van der Waals surface area (Å²) >= 11 is 10.7. The first-order valence-corrected chi connectivity index (χ1v) is 4.32. The topological polar surface area (TPSA) is 37.3 Å². The number of aliphatic hydroxyl groups is 1. The van der Waals surface area contributed by atoms with Gasteiger partial charge in [-0.2, -0.15) is 0 Å². The minimum absolute atomic E-state index is 0.214. The lowest BCUT2D eigenvalue weighted by atomic mass is 9.95. The molecule has 0 bridgehead atoms. The molecule has 0 spiro atoms.